The highest BCUT2D eigenvalue weighted by Crippen LogP contribution is 2.43. The fourth-order valence-corrected chi connectivity index (χ4v) is 12.2. The third kappa shape index (κ3) is 8.62. The summed E-state index contributed by atoms with van der Waals surface area (Å²) in [6.45, 7) is 27.6. The maximum absolute atomic E-state index is 3.91. The van der Waals surface area contributed by atoms with Crippen molar-refractivity contribution in [1.82, 2.24) is 13.7 Å². The highest BCUT2D eigenvalue weighted by Gasteiger charge is 2.24. The quantitative estimate of drug-likeness (QED) is 0.167. The topological polar surface area (TPSA) is 38.9 Å². The molecule has 0 saturated heterocycles. The van der Waals surface area contributed by atoms with E-state index in [0.29, 0.717) is 0 Å². The molecule has 5 nitrogen and oxygen atoms in total. The molecular weight excluding hydrogens is 959 g/mol. The van der Waals surface area contributed by atoms with E-state index in [2.05, 4.69) is 308 Å². The minimum absolute atomic E-state index is 0.0358. The second-order valence-electron chi connectivity index (χ2n) is 26.2. The first-order valence-electron chi connectivity index (χ1n) is 28.2. The summed E-state index contributed by atoms with van der Waals surface area (Å²) in [5.74, 6) is 0. The van der Waals surface area contributed by atoms with Crippen molar-refractivity contribution in [3.8, 4) is 17.1 Å². The van der Waals surface area contributed by atoms with Gasteiger partial charge in [0.1, 0.15) is 0 Å². The summed E-state index contributed by atoms with van der Waals surface area (Å²) >= 11 is 0. The van der Waals surface area contributed by atoms with E-state index in [1.165, 1.54) is 87.4 Å². The maximum atomic E-state index is 3.91. The molecule has 0 bridgehead atoms. The molecule has 13 rings (SSSR count). The Morgan fingerprint density at radius 3 is 1.11 bits per heavy atom. The van der Waals surface area contributed by atoms with Gasteiger partial charge in [-0.1, -0.05) is 162 Å². The Labute approximate surface area is 465 Å². The monoisotopic (exact) mass is 1030 g/mol. The molecular formula is C74H71N5. The van der Waals surface area contributed by atoms with Gasteiger partial charge in [-0.3, -0.25) is 0 Å². The first-order chi connectivity index (χ1) is 37.7. The Bertz CT molecular complexity index is 4430. The number of nitrogens with zero attached hydrogens (tertiary/aromatic N) is 3. The van der Waals surface area contributed by atoms with Crippen LogP contribution in [0.3, 0.4) is 0 Å². The summed E-state index contributed by atoms with van der Waals surface area (Å²) in [4.78, 5) is 0. The van der Waals surface area contributed by atoms with Crippen molar-refractivity contribution in [1.29, 1.82) is 0 Å². The number of rotatable bonds is 7. The zero-order valence-corrected chi connectivity index (χ0v) is 47.9. The van der Waals surface area contributed by atoms with Crippen LogP contribution in [0, 0.1) is 0 Å². The lowest BCUT2D eigenvalue weighted by Crippen LogP contribution is -2.10. The predicted octanol–water partition coefficient (Wildman–Crippen LogP) is 20.8. The van der Waals surface area contributed by atoms with Gasteiger partial charge in [0.05, 0.1) is 33.1 Å². The van der Waals surface area contributed by atoms with Crippen LogP contribution in [0.5, 0.6) is 0 Å². The van der Waals surface area contributed by atoms with Crippen molar-refractivity contribution in [3.63, 3.8) is 0 Å². The van der Waals surface area contributed by atoms with Gasteiger partial charge in [0, 0.05) is 77.5 Å². The molecule has 3 aromatic heterocycles. The number of hydrogen-bond acceptors (Lipinski definition) is 2. The van der Waals surface area contributed by atoms with E-state index in [1.54, 1.807) is 0 Å². The lowest BCUT2D eigenvalue weighted by molar-refractivity contribution is 0.590. The Kier molecular flexibility index (Phi) is 11.4. The molecule has 0 atom stereocenters. The van der Waals surface area contributed by atoms with Crippen molar-refractivity contribution in [3.05, 3.63) is 222 Å². The Hall–Kier alpha value is -8.54. The summed E-state index contributed by atoms with van der Waals surface area (Å²) in [5.41, 5.74) is 20.2. The first-order valence-corrected chi connectivity index (χ1v) is 28.2. The van der Waals surface area contributed by atoms with Crippen molar-refractivity contribution in [2.45, 2.75) is 105 Å². The van der Waals surface area contributed by atoms with Crippen molar-refractivity contribution in [2.75, 3.05) is 10.6 Å². The van der Waals surface area contributed by atoms with Crippen LogP contribution in [0.15, 0.2) is 200 Å². The third-order valence-corrected chi connectivity index (χ3v) is 16.6. The fraction of sp³-hybridized carbons (Fsp3) is 0.216. The molecule has 0 aliphatic carbocycles. The molecule has 0 aliphatic heterocycles. The summed E-state index contributed by atoms with van der Waals surface area (Å²) in [6, 6.07) is 74.9. The Morgan fingerprint density at radius 1 is 0.253 bits per heavy atom. The van der Waals surface area contributed by atoms with Crippen LogP contribution in [0.1, 0.15) is 105 Å². The normalized spacial score (nSPS) is 12.8. The number of para-hydroxylation sites is 1. The summed E-state index contributed by atoms with van der Waals surface area (Å²) in [7, 11) is 0. The maximum Gasteiger partial charge on any atom is 0.0561 e. The van der Waals surface area contributed by atoms with Crippen LogP contribution >= 0.6 is 0 Å². The Balaban J connectivity index is 0.888. The molecule has 3 heterocycles. The van der Waals surface area contributed by atoms with Gasteiger partial charge in [-0.05, 0) is 171 Å². The van der Waals surface area contributed by atoms with Crippen LogP contribution < -0.4 is 10.6 Å². The summed E-state index contributed by atoms with van der Waals surface area (Å²) in [5, 5.41) is 17.7. The molecule has 0 saturated carbocycles. The second-order valence-corrected chi connectivity index (χ2v) is 26.2. The average molecular weight is 1030 g/mol. The smallest absolute Gasteiger partial charge is 0.0561 e. The van der Waals surface area contributed by atoms with Crippen LogP contribution in [0.4, 0.5) is 22.7 Å². The molecule has 392 valence electrons. The van der Waals surface area contributed by atoms with Gasteiger partial charge < -0.3 is 24.3 Å². The van der Waals surface area contributed by atoms with Crippen molar-refractivity contribution in [2.24, 2.45) is 0 Å². The van der Waals surface area contributed by atoms with E-state index in [9.17, 15) is 0 Å². The molecule has 2 N–H and O–H groups in total. The van der Waals surface area contributed by atoms with Gasteiger partial charge in [-0.25, -0.2) is 0 Å². The van der Waals surface area contributed by atoms with Crippen LogP contribution in [0.2, 0.25) is 0 Å². The molecule has 10 aromatic carbocycles. The standard InChI is InChI=1S/C74H71N5/c1-71(2,3)46-27-34-64-59(39-46)60-40-47(72(4,5)6)28-35-65(60)78(64)54-23-16-19-50(43-54)75-52-31-32-58-69(45-52)77(53-21-14-13-15-22-53)68-38-33-56-57(70(58)68)25-18-26-63(56)76-51-20-17-24-55(44-51)79-66-36-29-48(73(7,8)9)41-61(66)62-42-49(74(10,11)12)30-37-67(62)79/h13-45,75-76H,1-12H3. The zero-order valence-electron chi connectivity index (χ0n) is 47.9. The lowest BCUT2D eigenvalue weighted by atomic mass is 9.85. The molecule has 0 amide bonds. The summed E-state index contributed by atoms with van der Waals surface area (Å²) in [6.07, 6.45) is 0. The molecule has 79 heavy (non-hydrogen) atoms. The van der Waals surface area contributed by atoms with Crippen molar-refractivity contribution >= 4 is 98.9 Å². The van der Waals surface area contributed by atoms with Crippen LogP contribution in [0.25, 0.3) is 93.3 Å². The van der Waals surface area contributed by atoms with Crippen LogP contribution in [-0.2, 0) is 21.7 Å². The third-order valence-electron chi connectivity index (χ3n) is 16.6. The molecule has 5 heteroatoms. The molecule has 13 aromatic rings. The second kappa shape index (κ2) is 18.0. The molecule has 0 unspecified atom stereocenters. The lowest BCUT2D eigenvalue weighted by Gasteiger charge is -2.19. The van der Waals surface area contributed by atoms with Gasteiger partial charge in [-0.15, -0.1) is 0 Å². The molecule has 0 aliphatic rings. The van der Waals surface area contributed by atoms with Gasteiger partial charge in [0.25, 0.3) is 0 Å². The predicted molar refractivity (Wildman–Crippen MR) is 341 cm³/mol. The molecule has 0 fully saturated rings. The number of aromatic nitrogens is 3. The minimum atomic E-state index is 0.0358. The van der Waals surface area contributed by atoms with Gasteiger partial charge >= 0.3 is 0 Å². The first kappa shape index (κ1) is 50.0. The van der Waals surface area contributed by atoms with Gasteiger partial charge in [0.2, 0.25) is 0 Å². The van der Waals surface area contributed by atoms with Gasteiger partial charge in [0.15, 0.2) is 0 Å². The molecule has 0 spiro atoms. The van der Waals surface area contributed by atoms with E-state index < -0.39 is 0 Å². The number of nitrogens with one attached hydrogen (secondary N) is 2. The van der Waals surface area contributed by atoms with E-state index in [1.807, 2.05) is 0 Å². The number of hydrogen-bond donors (Lipinski definition) is 2. The highest BCUT2D eigenvalue weighted by molar-refractivity contribution is 6.23. The van der Waals surface area contributed by atoms with E-state index in [4.69, 9.17) is 0 Å². The zero-order chi connectivity index (χ0) is 54.9. The number of benzene rings is 10. The minimum Gasteiger partial charge on any atom is -0.355 e. The van der Waals surface area contributed by atoms with E-state index in [-0.39, 0.29) is 21.7 Å². The Morgan fingerprint density at radius 2 is 0.646 bits per heavy atom. The average Bonchev–Trinajstić information content (AvgIpc) is 3.89. The van der Waals surface area contributed by atoms with E-state index in [0.717, 1.165) is 50.8 Å². The SMILES string of the molecule is CC(C)(C)c1ccc2c(c1)c1cc(C(C)(C)C)ccc1n2-c1cccc(Nc2ccc3c4c5cccc(Nc6cccc(-n7c8ccc(C(C)(C)C)cc8c8cc(C(C)(C)C)ccc87)c6)c5ccc4n(-c4ccccc4)c3c2)c1. The fourth-order valence-electron chi connectivity index (χ4n) is 12.2. The van der Waals surface area contributed by atoms with Crippen LogP contribution in [-0.4, -0.2) is 13.7 Å². The van der Waals surface area contributed by atoms with Crippen molar-refractivity contribution < 1.29 is 0 Å². The van der Waals surface area contributed by atoms with Gasteiger partial charge in [-0.2, -0.15) is 0 Å². The van der Waals surface area contributed by atoms with E-state index >= 15 is 0 Å². The summed E-state index contributed by atoms with van der Waals surface area (Å²) < 4.78 is 7.30. The molecule has 0 radical (unpaired) electrons. The number of fused-ring (bicyclic) bond motifs is 11. The number of anilines is 4. The largest absolute Gasteiger partial charge is 0.355 e. The highest BCUT2D eigenvalue weighted by atomic mass is 15.0.